The van der Waals surface area contributed by atoms with E-state index in [1.54, 1.807) is 36.4 Å². The first kappa shape index (κ1) is 21.2. The lowest BCUT2D eigenvalue weighted by Crippen LogP contribution is -2.49. The standard InChI is InChI=1S/C21H22N2O4S2/c1-2-3-4-7-12-18-17-22-23-21(18,28(24,25)19-13-8-5-9-14-19)29(26,27)20-15-10-6-11-16-20/h5-6,8-11,13-16,18H,2-4,17H2,1H3. The number of benzene rings is 2. The van der Waals surface area contributed by atoms with Gasteiger partial charge in [0.1, 0.15) is 0 Å². The van der Waals surface area contributed by atoms with Crippen molar-refractivity contribution < 1.29 is 16.8 Å². The molecule has 0 saturated heterocycles. The van der Waals surface area contributed by atoms with Crippen molar-refractivity contribution >= 4 is 19.7 Å². The molecule has 0 bridgehead atoms. The van der Waals surface area contributed by atoms with Gasteiger partial charge in [-0.25, -0.2) is 16.8 Å². The van der Waals surface area contributed by atoms with E-state index in [0.29, 0.717) is 6.42 Å². The zero-order chi connectivity index (χ0) is 21.0. The molecule has 8 heteroatoms. The third kappa shape index (κ3) is 3.61. The molecule has 0 fully saturated rings. The van der Waals surface area contributed by atoms with Gasteiger partial charge in [0.25, 0.3) is 0 Å². The summed E-state index contributed by atoms with van der Waals surface area (Å²) in [6, 6.07) is 15.0. The van der Waals surface area contributed by atoms with Crippen molar-refractivity contribution in [2.24, 2.45) is 16.1 Å². The molecule has 1 aliphatic heterocycles. The summed E-state index contributed by atoms with van der Waals surface area (Å²) in [4.78, 5) is -0.249. The van der Waals surface area contributed by atoms with E-state index in [4.69, 9.17) is 0 Å². The Labute approximate surface area is 171 Å². The van der Waals surface area contributed by atoms with Crippen molar-refractivity contribution in [3.63, 3.8) is 0 Å². The quantitative estimate of drug-likeness (QED) is 0.514. The van der Waals surface area contributed by atoms with E-state index in [0.717, 1.165) is 12.8 Å². The monoisotopic (exact) mass is 430 g/mol. The largest absolute Gasteiger partial charge is 0.304 e. The molecule has 0 N–H and O–H groups in total. The van der Waals surface area contributed by atoms with Crippen LogP contribution in [-0.4, -0.2) is 27.6 Å². The topological polar surface area (TPSA) is 93.0 Å². The summed E-state index contributed by atoms with van der Waals surface area (Å²) in [6.45, 7) is 1.93. The van der Waals surface area contributed by atoms with Gasteiger partial charge in [0.05, 0.1) is 22.3 Å². The van der Waals surface area contributed by atoms with E-state index in [1.807, 2.05) is 6.92 Å². The van der Waals surface area contributed by atoms with Crippen molar-refractivity contribution in [1.82, 2.24) is 0 Å². The van der Waals surface area contributed by atoms with Crippen LogP contribution in [-0.2, 0) is 19.7 Å². The van der Waals surface area contributed by atoms with Gasteiger partial charge in [0.15, 0.2) is 0 Å². The summed E-state index contributed by atoms with van der Waals surface area (Å²) in [5.74, 6) is 4.71. The van der Waals surface area contributed by atoms with E-state index in [1.165, 1.54) is 24.3 Å². The molecule has 0 aromatic heterocycles. The van der Waals surface area contributed by atoms with Gasteiger partial charge in [-0.2, -0.15) is 10.2 Å². The fraction of sp³-hybridized carbons (Fsp3) is 0.333. The number of sulfone groups is 2. The third-order valence-electron chi connectivity index (χ3n) is 4.72. The Morgan fingerprint density at radius 3 is 1.93 bits per heavy atom. The molecule has 1 atom stereocenters. The Bertz CT molecular complexity index is 1080. The molecule has 0 saturated carbocycles. The minimum absolute atomic E-state index is 0.0861. The Morgan fingerprint density at radius 1 is 0.931 bits per heavy atom. The van der Waals surface area contributed by atoms with Crippen LogP contribution in [0.2, 0.25) is 0 Å². The maximum atomic E-state index is 13.7. The van der Waals surface area contributed by atoms with Crippen LogP contribution in [0.25, 0.3) is 0 Å². The van der Waals surface area contributed by atoms with Crippen LogP contribution >= 0.6 is 0 Å². The van der Waals surface area contributed by atoms with Gasteiger partial charge in [0.2, 0.25) is 19.7 Å². The normalized spacial score (nSPS) is 18.2. The van der Waals surface area contributed by atoms with Crippen molar-refractivity contribution in [2.75, 3.05) is 6.54 Å². The predicted octanol–water partition coefficient (Wildman–Crippen LogP) is 3.86. The van der Waals surface area contributed by atoms with Crippen molar-refractivity contribution in [2.45, 2.75) is 40.2 Å². The Morgan fingerprint density at radius 2 is 1.45 bits per heavy atom. The molecular formula is C21H22N2O4S2. The average Bonchev–Trinajstić information content (AvgIpc) is 3.19. The van der Waals surface area contributed by atoms with Crippen molar-refractivity contribution in [3.05, 3.63) is 60.7 Å². The van der Waals surface area contributed by atoms with E-state index < -0.39 is 29.8 Å². The van der Waals surface area contributed by atoms with Crippen LogP contribution in [0.5, 0.6) is 0 Å². The number of nitrogens with zero attached hydrogens (tertiary/aromatic N) is 2. The number of hydrogen-bond donors (Lipinski definition) is 0. The minimum atomic E-state index is -4.45. The Balaban J connectivity index is 2.25. The number of rotatable bonds is 6. The number of hydrogen-bond acceptors (Lipinski definition) is 6. The number of azo groups is 1. The Hall–Kier alpha value is -2.50. The lowest BCUT2D eigenvalue weighted by atomic mass is 10.1. The molecule has 29 heavy (non-hydrogen) atoms. The SMILES string of the molecule is CCCCC#CC1CN=NC1(S(=O)(=O)c1ccccc1)S(=O)(=O)c1ccccc1. The summed E-state index contributed by atoms with van der Waals surface area (Å²) >= 11 is 0. The average molecular weight is 431 g/mol. The first-order chi connectivity index (χ1) is 13.9. The molecule has 2 aromatic carbocycles. The van der Waals surface area contributed by atoms with Gasteiger partial charge < -0.3 is 0 Å². The molecule has 1 unspecified atom stereocenters. The minimum Gasteiger partial charge on any atom is -0.220 e. The smallest absolute Gasteiger partial charge is 0.220 e. The second kappa shape index (κ2) is 8.47. The second-order valence-electron chi connectivity index (χ2n) is 6.66. The molecule has 1 aliphatic rings. The first-order valence-electron chi connectivity index (χ1n) is 9.34. The molecule has 1 heterocycles. The molecule has 0 spiro atoms. The van der Waals surface area contributed by atoms with E-state index in [2.05, 4.69) is 22.1 Å². The highest BCUT2D eigenvalue weighted by Gasteiger charge is 2.64. The molecule has 152 valence electrons. The predicted molar refractivity (Wildman–Crippen MR) is 111 cm³/mol. The highest BCUT2D eigenvalue weighted by atomic mass is 32.3. The molecule has 0 amide bonds. The molecule has 0 radical (unpaired) electrons. The molecule has 0 aliphatic carbocycles. The fourth-order valence-corrected chi connectivity index (χ4v) is 7.95. The van der Waals surface area contributed by atoms with Crippen LogP contribution in [0.4, 0.5) is 0 Å². The Kier molecular flexibility index (Phi) is 6.20. The second-order valence-corrected chi connectivity index (χ2v) is 11.1. The van der Waals surface area contributed by atoms with Crippen LogP contribution in [0.1, 0.15) is 26.2 Å². The van der Waals surface area contributed by atoms with Crippen LogP contribution in [0.15, 0.2) is 80.7 Å². The van der Waals surface area contributed by atoms with E-state index in [9.17, 15) is 16.8 Å². The lowest BCUT2D eigenvalue weighted by Gasteiger charge is -2.28. The van der Waals surface area contributed by atoms with Gasteiger partial charge in [-0.15, -0.1) is 5.92 Å². The fourth-order valence-electron chi connectivity index (χ4n) is 3.17. The van der Waals surface area contributed by atoms with Gasteiger partial charge in [-0.3, -0.25) is 0 Å². The molecule has 2 aromatic rings. The summed E-state index contributed by atoms with van der Waals surface area (Å²) in [5.41, 5.74) is 0. The summed E-state index contributed by atoms with van der Waals surface area (Å²) in [6.07, 6.45) is 2.33. The van der Waals surface area contributed by atoms with Gasteiger partial charge in [-0.1, -0.05) is 55.7 Å². The van der Waals surface area contributed by atoms with Crippen LogP contribution < -0.4 is 0 Å². The van der Waals surface area contributed by atoms with Crippen LogP contribution in [0.3, 0.4) is 0 Å². The van der Waals surface area contributed by atoms with Crippen molar-refractivity contribution in [1.29, 1.82) is 0 Å². The summed E-state index contributed by atoms with van der Waals surface area (Å²) in [7, 11) is -8.90. The van der Waals surface area contributed by atoms with Crippen LogP contribution in [0, 0.1) is 17.8 Å². The highest BCUT2D eigenvalue weighted by Crippen LogP contribution is 2.45. The van der Waals surface area contributed by atoms with Gasteiger partial charge in [0, 0.05) is 6.42 Å². The molecule has 6 nitrogen and oxygen atoms in total. The number of unbranched alkanes of at least 4 members (excludes halogenated alkanes) is 2. The van der Waals surface area contributed by atoms with E-state index in [-0.39, 0.29) is 16.3 Å². The zero-order valence-electron chi connectivity index (χ0n) is 16.0. The summed E-state index contributed by atoms with van der Waals surface area (Å²) < 4.78 is 52.2. The molecule has 3 rings (SSSR count). The van der Waals surface area contributed by atoms with Crippen molar-refractivity contribution in [3.8, 4) is 11.8 Å². The maximum Gasteiger partial charge on any atom is 0.304 e. The zero-order valence-corrected chi connectivity index (χ0v) is 17.7. The maximum absolute atomic E-state index is 13.7. The van der Waals surface area contributed by atoms with Gasteiger partial charge in [-0.05, 0) is 30.7 Å². The molecular weight excluding hydrogens is 408 g/mol. The van der Waals surface area contributed by atoms with Gasteiger partial charge >= 0.3 is 4.20 Å². The first-order valence-corrected chi connectivity index (χ1v) is 12.3. The van der Waals surface area contributed by atoms with E-state index >= 15 is 0 Å². The highest BCUT2D eigenvalue weighted by molar-refractivity contribution is 8.10. The lowest BCUT2D eigenvalue weighted by molar-refractivity contribution is 0.519. The third-order valence-corrected chi connectivity index (χ3v) is 10.1. The summed E-state index contributed by atoms with van der Waals surface area (Å²) in [5, 5.41) is 7.76.